The van der Waals surface area contributed by atoms with Crippen molar-refractivity contribution in [3.8, 4) is 0 Å². The normalized spacial score (nSPS) is 14.0. The molecule has 0 aromatic heterocycles. The van der Waals surface area contributed by atoms with Gasteiger partial charge in [-0.05, 0) is 61.1 Å². The number of ether oxygens (including phenoxy) is 1. The summed E-state index contributed by atoms with van der Waals surface area (Å²) in [5, 5.41) is 21.8. The van der Waals surface area contributed by atoms with E-state index in [1.807, 2.05) is 108 Å². The summed E-state index contributed by atoms with van der Waals surface area (Å²) in [5.74, 6) is -0.800. The van der Waals surface area contributed by atoms with Gasteiger partial charge in [-0.1, -0.05) is 121 Å². The number of amides is 4. The van der Waals surface area contributed by atoms with E-state index < -0.39 is 42.1 Å². The first-order valence-corrected chi connectivity index (χ1v) is 18.6. The number of hydrogen-bond donors (Lipinski definition) is 4. The van der Waals surface area contributed by atoms with Gasteiger partial charge in [0.1, 0.15) is 18.7 Å². The summed E-state index contributed by atoms with van der Waals surface area (Å²) in [7, 11) is 0. The maximum Gasteiger partial charge on any atom is 0.408 e. The van der Waals surface area contributed by atoms with Crippen molar-refractivity contribution in [3.05, 3.63) is 90.0 Å². The van der Waals surface area contributed by atoms with Crippen molar-refractivity contribution < 1.29 is 29.0 Å². The van der Waals surface area contributed by atoms with Crippen LogP contribution in [-0.4, -0.2) is 59.7 Å². The fourth-order valence-electron chi connectivity index (χ4n) is 6.00. The van der Waals surface area contributed by atoms with Gasteiger partial charge in [-0.15, -0.1) is 0 Å². The number of rotatable bonds is 19. The third-order valence-electron chi connectivity index (χ3n) is 8.81. The minimum Gasteiger partial charge on any atom is -0.445 e. The Labute approximate surface area is 309 Å². The van der Waals surface area contributed by atoms with Crippen molar-refractivity contribution >= 4 is 40.3 Å². The molecule has 282 valence electrons. The Morgan fingerprint density at radius 3 is 2.17 bits per heavy atom. The lowest BCUT2D eigenvalue weighted by atomic mass is 9.95. The maximum atomic E-state index is 14.5. The van der Waals surface area contributed by atoms with Crippen LogP contribution in [0.1, 0.15) is 86.1 Å². The highest BCUT2D eigenvalue weighted by Gasteiger charge is 2.36. The average molecular weight is 715 g/mol. The molecule has 0 aliphatic rings. The molecule has 4 amide bonds. The van der Waals surface area contributed by atoms with E-state index in [2.05, 4.69) is 16.0 Å². The molecule has 52 heavy (non-hydrogen) atoms. The molecule has 0 bridgehead atoms. The number of unbranched alkanes of at least 4 members (excludes halogenated alkanes) is 1. The zero-order valence-corrected chi connectivity index (χ0v) is 31.9. The van der Waals surface area contributed by atoms with E-state index in [0.29, 0.717) is 43.5 Å². The molecule has 0 saturated heterocycles. The lowest BCUT2D eigenvalue weighted by Gasteiger charge is -2.35. The molecular weight excluding hydrogens is 656 g/mol. The van der Waals surface area contributed by atoms with E-state index in [0.717, 1.165) is 22.8 Å². The Morgan fingerprint density at radius 2 is 1.52 bits per heavy atom. The Balaban J connectivity index is 1.99. The monoisotopic (exact) mass is 714 g/mol. The lowest BCUT2D eigenvalue weighted by Crippen LogP contribution is -2.58. The van der Waals surface area contributed by atoms with Gasteiger partial charge >= 0.3 is 6.09 Å². The summed E-state index contributed by atoms with van der Waals surface area (Å²) in [6.07, 6.45) is 2.21. The molecule has 0 heterocycles. The number of aliphatic hydroxyl groups excluding tert-OH is 1. The van der Waals surface area contributed by atoms with Crippen molar-refractivity contribution in [2.75, 3.05) is 11.4 Å². The first-order chi connectivity index (χ1) is 24.9. The third kappa shape index (κ3) is 12.5. The van der Waals surface area contributed by atoms with E-state index >= 15 is 0 Å². The smallest absolute Gasteiger partial charge is 0.408 e. The van der Waals surface area contributed by atoms with Crippen LogP contribution in [0.25, 0.3) is 10.8 Å². The van der Waals surface area contributed by atoms with Gasteiger partial charge in [-0.3, -0.25) is 19.3 Å². The minimum absolute atomic E-state index is 0.0370. The topological polar surface area (TPSA) is 137 Å². The molecule has 0 saturated carbocycles. The van der Waals surface area contributed by atoms with E-state index in [1.54, 1.807) is 13.0 Å². The van der Waals surface area contributed by atoms with Crippen LogP contribution in [0.5, 0.6) is 0 Å². The SMILES string of the molecule is CCCC[C@@H](C(=O)N[C@@H](CC(C)C)[C@@H](O)/C=C(/CC)C(=O)NCC(C)C)N(C(=O)[C@H](C)NC(=O)OCc1ccccc1)c1cccc2ccccc12. The number of nitrogens with zero attached hydrogens (tertiary/aromatic N) is 1. The number of nitrogens with one attached hydrogen (secondary N) is 3. The van der Waals surface area contributed by atoms with Crippen molar-refractivity contribution in [2.45, 2.75) is 111 Å². The van der Waals surface area contributed by atoms with Crippen LogP contribution in [0.4, 0.5) is 10.5 Å². The molecule has 3 rings (SSSR count). The number of fused-ring (bicyclic) bond motifs is 1. The second-order valence-corrected chi connectivity index (χ2v) is 14.2. The Hall–Kier alpha value is -4.70. The zero-order chi connectivity index (χ0) is 38.2. The van der Waals surface area contributed by atoms with Gasteiger partial charge in [0.05, 0.1) is 17.8 Å². The summed E-state index contributed by atoms with van der Waals surface area (Å²) < 4.78 is 5.42. The fraction of sp³-hybridized carbons (Fsp3) is 0.476. The molecule has 0 fully saturated rings. The summed E-state index contributed by atoms with van der Waals surface area (Å²) in [4.78, 5) is 56.4. The van der Waals surface area contributed by atoms with Crippen molar-refractivity contribution in [3.63, 3.8) is 0 Å². The highest BCUT2D eigenvalue weighted by atomic mass is 16.5. The first kappa shape index (κ1) is 41.7. The molecule has 4 atom stereocenters. The number of hydrogen-bond acceptors (Lipinski definition) is 6. The molecule has 10 heteroatoms. The van der Waals surface area contributed by atoms with E-state index in [-0.39, 0.29) is 24.3 Å². The van der Waals surface area contributed by atoms with Gasteiger partial charge in [0.2, 0.25) is 17.7 Å². The summed E-state index contributed by atoms with van der Waals surface area (Å²) in [6.45, 7) is 14.0. The number of aliphatic hydroxyl groups is 1. The molecular formula is C42H58N4O6. The van der Waals surface area contributed by atoms with Crippen LogP contribution in [0.3, 0.4) is 0 Å². The Bertz CT molecular complexity index is 1630. The van der Waals surface area contributed by atoms with Gasteiger partial charge < -0.3 is 25.8 Å². The van der Waals surface area contributed by atoms with Gasteiger partial charge in [0.15, 0.2) is 0 Å². The highest BCUT2D eigenvalue weighted by molar-refractivity contribution is 6.09. The van der Waals surface area contributed by atoms with E-state index in [4.69, 9.17) is 4.74 Å². The van der Waals surface area contributed by atoms with Crippen molar-refractivity contribution in [2.24, 2.45) is 11.8 Å². The molecule has 0 aliphatic heterocycles. The standard InChI is InChI=1S/C42H58N4O6/c1-8-10-22-37(40(49)45-35(24-28(3)4)38(47)25-32(9-2)39(48)43-26-29(5)6)46(36-23-16-20-33-19-14-15-21-34(33)36)41(50)30(7)44-42(51)52-27-31-17-12-11-13-18-31/h11-21,23,25,28-30,35,37-38,47H,8-10,22,24,26-27H2,1-7H3,(H,43,48)(H,44,51)(H,45,49)/b32-25-/t30-,35-,37-,38-/m0/s1. The highest BCUT2D eigenvalue weighted by Crippen LogP contribution is 2.31. The molecule has 0 spiro atoms. The van der Waals surface area contributed by atoms with Gasteiger partial charge in [-0.25, -0.2) is 4.79 Å². The van der Waals surface area contributed by atoms with Crippen LogP contribution in [0.15, 0.2) is 84.4 Å². The van der Waals surface area contributed by atoms with Crippen LogP contribution in [0.2, 0.25) is 0 Å². The Kier molecular flexibility index (Phi) is 16.8. The summed E-state index contributed by atoms with van der Waals surface area (Å²) in [5.41, 5.74) is 1.77. The molecule has 0 aliphatic carbocycles. The van der Waals surface area contributed by atoms with Crippen LogP contribution < -0.4 is 20.9 Å². The zero-order valence-electron chi connectivity index (χ0n) is 31.9. The van der Waals surface area contributed by atoms with Crippen LogP contribution in [-0.2, 0) is 25.7 Å². The summed E-state index contributed by atoms with van der Waals surface area (Å²) in [6, 6.07) is 19.7. The van der Waals surface area contributed by atoms with Gasteiger partial charge in [0, 0.05) is 17.5 Å². The number of anilines is 1. The number of carbonyl (C=O) groups is 4. The number of alkyl carbamates (subject to hydrolysis) is 1. The molecule has 0 radical (unpaired) electrons. The lowest BCUT2D eigenvalue weighted by molar-refractivity contribution is -0.128. The largest absolute Gasteiger partial charge is 0.445 e. The number of benzene rings is 3. The fourth-order valence-corrected chi connectivity index (χ4v) is 6.00. The predicted molar refractivity (Wildman–Crippen MR) is 208 cm³/mol. The average Bonchev–Trinajstić information content (AvgIpc) is 3.13. The first-order valence-electron chi connectivity index (χ1n) is 18.6. The van der Waals surface area contributed by atoms with Crippen LogP contribution in [0, 0.1) is 11.8 Å². The minimum atomic E-state index is -1.15. The second-order valence-electron chi connectivity index (χ2n) is 14.2. The van der Waals surface area contributed by atoms with Crippen LogP contribution >= 0.6 is 0 Å². The maximum absolute atomic E-state index is 14.5. The summed E-state index contributed by atoms with van der Waals surface area (Å²) >= 11 is 0. The Morgan fingerprint density at radius 1 is 0.846 bits per heavy atom. The molecule has 4 N–H and O–H groups in total. The number of carbonyl (C=O) groups excluding carboxylic acids is 4. The van der Waals surface area contributed by atoms with Crippen molar-refractivity contribution in [1.29, 1.82) is 0 Å². The predicted octanol–water partition coefficient (Wildman–Crippen LogP) is 7.05. The van der Waals surface area contributed by atoms with Gasteiger partial charge in [0.25, 0.3) is 0 Å². The molecule has 10 nitrogen and oxygen atoms in total. The van der Waals surface area contributed by atoms with E-state index in [9.17, 15) is 24.3 Å². The van der Waals surface area contributed by atoms with Gasteiger partial charge in [-0.2, -0.15) is 0 Å². The quantitative estimate of drug-likeness (QED) is 0.0984. The molecule has 0 unspecified atom stereocenters. The molecule has 3 aromatic carbocycles. The molecule has 3 aromatic rings. The second kappa shape index (κ2) is 21.0. The third-order valence-corrected chi connectivity index (χ3v) is 8.81. The van der Waals surface area contributed by atoms with Crippen molar-refractivity contribution in [1.82, 2.24) is 16.0 Å². The van der Waals surface area contributed by atoms with E-state index in [1.165, 1.54) is 11.0 Å².